The SMILES string of the molecule is C/C(=N/OCC(=O)N1CCC(C(=O)N2CCCCCC2)CC1)c1ccc2c(c1)OCO2. The van der Waals surface area contributed by atoms with Crippen LogP contribution in [-0.4, -0.2) is 66.9 Å². The first-order valence-electron chi connectivity index (χ1n) is 11.2. The number of nitrogens with zero attached hydrogens (tertiary/aromatic N) is 3. The van der Waals surface area contributed by atoms with Crippen LogP contribution >= 0.6 is 0 Å². The summed E-state index contributed by atoms with van der Waals surface area (Å²) >= 11 is 0. The summed E-state index contributed by atoms with van der Waals surface area (Å²) in [7, 11) is 0. The van der Waals surface area contributed by atoms with Crippen molar-refractivity contribution >= 4 is 17.5 Å². The van der Waals surface area contributed by atoms with E-state index in [1.807, 2.05) is 30.0 Å². The molecule has 3 heterocycles. The van der Waals surface area contributed by atoms with E-state index >= 15 is 0 Å². The Morgan fingerprint density at radius 3 is 2.45 bits per heavy atom. The summed E-state index contributed by atoms with van der Waals surface area (Å²) in [6.07, 6.45) is 6.08. The first kappa shape index (κ1) is 21.5. The highest BCUT2D eigenvalue weighted by molar-refractivity contribution is 5.99. The van der Waals surface area contributed by atoms with Gasteiger partial charge in [-0.05, 0) is 50.8 Å². The number of fused-ring (bicyclic) bond motifs is 1. The molecule has 31 heavy (non-hydrogen) atoms. The van der Waals surface area contributed by atoms with Crippen LogP contribution in [0.2, 0.25) is 0 Å². The minimum absolute atomic E-state index is 0.0364. The minimum Gasteiger partial charge on any atom is -0.454 e. The van der Waals surface area contributed by atoms with Crippen LogP contribution in [0.3, 0.4) is 0 Å². The van der Waals surface area contributed by atoms with Gasteiger partial charge in [0.05, 0.1) is 5.71 Å². The zero-order valence-electron chi connectivity index (χ0n) is 18.2. The maximum atomic E-state index is 12.8. The molecule has 0 saturated carbocycles. The number of hydrogen-bond acceptors (Lipinski definition) is 6. The Morgan fingerprint density at radius 2 is 1.71 bits per heavy atom. The van der Waals surface area contributed by atoms with Gasteiger partial charge >= 0.3 is 0 Å². The molecule has 3 aliphatic rings. The molecule has 0 unspecified atom stereocenters. The van der Waals surface area contributed by atoms with Crippen molar-refractivity contribution in [1.29, 1.82) is 0 Å². The molecule has 1 aromatic carbocycles. The third-order valence-electron chi connectivity index (χ3n) is 6.29. The number of likely N-dealkylation sites (tertiary alicyclic amines) is 2. The molecule has 1 aromatic rings. The first-order valence-corrected chi connectivity index (χ1v) is 11.2. The van der Waals surface area contributed by atoms with Gasteiger partial charge in [0.25, 0.3) is 5.91 Å². The molecule has 168 valence electrons. The summed E-state index contributed by atoms with van der Waals surface area (Å²) < 4.78 is 10.7. The van der Waals surface area contributed by atoms with E-state index in [1.165, 1.54) is 12.8 Å². The highest BCUT2D eigenvalue weighted by Gasteiger charge is 2.30. The minimum atomic E-state index is -0.105. The summed E-state index contributed by atoms with van der Waals surface area (Å²) in [5.74, 6) is 1.61. The van der Waals surface area contributed by atoms with Gasteiger partial charge in [0.2, 0.25) is 12.7 Å². The first-order chi connectivity index (χ1) is 15.1. The van der Waals surface area contributed by atoms with Gasteiger partial charge in [-0.1, -0.05) is 18.0 Å². The van der Waals surface area contributed by atoms with E-state index in [4.69, 9.17) is 14.3 Å². The van der Waals surface area contributed by atoms with Gasteiger partial charge in [0.1, 0.15) is 0 Å². The number of ether oxygens (including phenoxy) is 2. The van der Waals surface area contributed by atoms with E-state index in [1.54, 1.807) is 4.90 Å². The summed E-state index contributed by atoms with van der Waals surface area (Å²) in [6, 6.07) is 5.56. The lowest BCUT2D eigenvalue weighted by Crippen LogP contribution is -2.45. The number of hydrogen-bond donors (Lipinski definition) is 0. The topological polar surface area (TPSA) is 80.7 Å². The van der Waals surface area contributed by atoms with E-state index in [2.05, 4.69) is 5.16 Å². The van der Waals surface area contributed by atoms with Crippen molar-refractivity contribution in [3.63, 3.8) is 0 Å². The molecular weight excluding hydrogens is 398 g/mol. The average Bonchev–Trinajstić information content (AvgIpc) is 3.10. The van der Waals surface area contributed by atoms with Crippen LogP contribution in [0.15, 0.2) is 23.4 Å². The largest absolute Gasteiger partial charge is 0.454 e. The average molecular weight is 430 g/mol. The van der Waals surface area contributed by atoms with Crippen molar-refractivity contribution in [1.82, 2.24) is 9.80 Å². The van der Waals surface area contributed by atoms with Crippen molar-refractivity contribution in [2.75, 3.05) is 39.6 Å². The third-order valence-corrected chi connectivity index (χ3v) is 6.29. The smallest absolute Gasteiger partial charge is 0.263 e. The molecule has 0 aromatic heterocycles. The lowest BCUT2D eigenvalue weighted by molar-refractivity contribution is -0.142. The molecule has 8 nitrogen and oxygen atoms in total. The van der Waals surface area contributed by atoms with E-state index < -0.39 is 0 Å². The number of carbonyl (C=O) groups excluding carboxylic acids is 2. The quantitative estimate of drug-likeness (QED) is 0.531. The van der Waals surface area contributed by atoms with E-state index in [-0.39, 0.29) is 31.1 Å². The Labute approximate surface area is 183 Å². The lowest BCUT2D eigenvalue weighted by Gasteiger charge is -2.33. The standard InChI is InChI=1S/C23H31N3O5/c1-17(19-6-7-20-21(14-19)30-16-29-20)24-31-15-22(27)25-12-8-18(9-13-25)23(28)26-10-4-2-3-5-11-26/h6-7,14,18H,2-5,8-13,15-16H2,1H3/b24-17-. The molecular formula is C23H31N3O5. The molecule has 4 rings (SSSR count). The molecule has 3 aliphatic heterocycles. The molecule has 0 N–H and O–H groups in total. The zero-order valence-corrected chi connectivity index (χ0v) is 18.2. The fourth-order valence-electron chi connectivity index (χ4n) is 4.38. The summed E-state index contributed by atoms with van der Waals surface area (Å²) in [6.45, 7) is 4.89. The molecule has 2 fully saturated rings. The van der Waals surface area contributed by atoms with Crippen LogP contribution in [-0.2, 0) is 14.4 Å². The van der Waals surface area contributed by atoms with Crippen molar-refractivity contribution in [2.24, 2.45) is 11.1 Å². The highest BCUT2D eigenvalue weighted by Crippen LogP contribution is 2.32. The van der Waals surface area contributed by atoms with Gasteiger partial charge in [0.15, 0.2) is 18.1 Å². The molecule has 0 atom stereocenters. The summed E-state index contributed by atoms with van der Waals surface area (Å²) in [5.41, 5.74) is 1.51. The van der Waals surface area contributed by atoms with Gasteiger partial charge in [-0.2, -0.15) is 0 Å². The number of rotatable bonds is 5. The van der Waals surface area contributed by atoms with Crippen LogP contribution in [0.4, 0.5) is 0 Å². The van der Waals surface area contributed by atoms with E-state index in [9.17, 15) is 9.59 Å². The fourth-order valence-corrected chi connectivity index (χ4v) is 4.38. The van der Waals surface area contributed by atoms with Crippen molar-refractivity contribution in [2.45, 2.75) is 45.4 Å². The molecule has 8 heteroatoms. The molecule has 0 radical (unpaired) electrons. The second-order valence-corrected chi connectivity index (χ2v) is 8.41. The van der Waals surface area contributed by atoms with Crippen LogP contribution < -0.4 is 9.47 Å². The van der Waals surface area contributed by atoms with E-state index in [0.717, 1.165) is 44.3 Å². The van der Waals surface area contributed by atoms with Crippen molar-refractivity contribution in [3.05, 3.63) is 23.8 Å². The maximum absolute atomic E-state index is 12.8. The predicted molar refractivity (Wildman–Crippen MR) is 115 cm³/mol. The van der Waals surface area contributed by atoms with Crippen molar-refractivity contribution < 1.29 is 23.9 Å². The van der Waals surface area contributed by atoms with Crippen LogP contribution in [0.5, 0.6) is 11.5 Å². The van der Waals surface area contributed by atoms with Crippen molar-refractivity contribution in [3.8, 4) is 11.5 Å². The number of oxime groups is 1. The summed E-state index contributed by atoms with van der Waals surface area (Å²) in [4.78, 5) is 34.4. The monoisotopic (exact) mass is 429 g/mol. The second-order valence-electron chi connectivity index (χ2n) is 8.41. The normalized spacial score (nSPS) is 19.8. The number of benzene rings is 1. The maximum Gasteiger partial charge on any atom is 0.263 e. The Hall–Kier alpha value is -2.77. The summed E-state index contributed by atoms with van der Waals surface area (Å²) in [5, 5.41) is 4.08. The molecule has 0 aliphatic carbocycles. The van der Waals surface area contributed by atoms with Gasteiger partial charge in [-0.3, -0.25) is 9.59 Å². The Kier molecular flexibility index (Phi) is 6.94. The second kappa shape index (κ2) is 10.0. The third kappa shape index (κ3) is 5.29. The van der Waals surface area contributed by atoms with Crippen LogP contribution in [0.1, 0.15) is 51.0 Å². The number of amides is 2. The van der Waals surface area contributed by atoms with Crippen LogP contribution in [0.25, 0.3) is 0 Å². The lowest BCUT2D eigenvalue weighted by atomic mass is 9.95. The Balaban J connectivity index is 1.22. The fraction of sp³-hybridized carbons (Fsp3) is 0.609. The Bertz CT molecular complexity index is 825. The van der Waals surface area contributed by atoms with E-state index in [0.29, 0.717) is 30.3 Å². The van der Waals surface area contributed by atoms with Gasteiger partial charge < -0.3 is 24.1 Å². The zero-order chi connectivity index (χ0) is 21.6. The number of carbonyl (C=O) groups is 2. The number of piperidine rings is 1. The molecule has 2 amide bonds. The van der Waals surface area contributed by atoms with Gasteiger partial charge in [-0.25, -0.2) is 0 Å². The molecule has 2 saturated heterocycles. The van der Waals surface area contributed by atoms with Crippen LogP contribution in [0, 0.1) is 5.92 Å². The highest BCUT2D eigenvalue weighted by atomic mass is 16.7. The Morgan fingerprint density at radius 1 is 1.00 bits per heavy atom. The molecule has 0 spiro atoms. The predicted octanol–water partition coefficient (Wildman–Crippen LogP) is 2.80. The van der Waals surface area contributed by atoms with Gasteiger partial charge in [0, 0.05) is 37.7 Å². The molecule has 0 bridgehead atoms. The van der Waals surface area contributed by atoms with Gasteiger partial charge in [-0.15, -0.1) is 0 Å².